The lowest BCUT2D eigenvalue weighted by molar-refractivity contribution is -0.688. The summed E-state index contributed by atoms with van der Waals surface area (Å²) in [6, 6.07) is 23.3. The molecule has 142 valence electrons. The van der Waals surface area contributed by atoms with Gasteiger partial charge in [0.05, 0.1) is 7.11 Å². The first-order valence-electron chi connectivity index (χ1n) is 8.20. The molecule has 2 N–H and O–H groups in total. The third-order valence-corrected chi connectivity index (χ3v) is 3.46. The Morgan fingerprint density at radius 1 is 0.926 bits per heavy atom. The van der Waals surface area contributed by atoms with E-state index in [4.69, 9.17) is 10.5 Å². The van der Waals surface area contributed by atoms with Crippen molar-refractivity contribution in [3.8, 4) is 5.75 Å². The van der Waals surface area contributed by atoms with E-state index in [9.17, 15) is 4.79 Å². The van der Waals surface area contributed by atoms with Crippen LogP contribution < -0.4 is 32.0 Å². The van der Waals surface area contributed by atoms with E-state index in [0.717, 1.165) is 17.8 Å². The second-order valence-electron chi connectivity index (χ2n) is 5.47. The normalized spacial score (nSPS) is 9.22. The van der Waals surface area contributed by atoms with E-state index in [1.807, 2.05) is 89.8 Å². The topological polar surface area (TPSA) is 65.4 Å². The second-order valence-corrected chi connectivity index (χ2v) is 5.47. The average Bonchev–Trinajstić information content (AvgIpc) is 2.71. The van der Waals surface area contributed by atoms with Gasteiger partial charge in [-0.25, -0.2) is 9.36 Å². The molecular weight excluding hydrogens is 408 g/mol. The quantitative estimate of drug-likeness (QED) is 0.451. The van der Waals surface area contributed by atoms with Gasteiger partial charge in [-0.15, -0.1) is 0 Å². The Morgan fingerprint density at radius 2 is 1.44 bits per heavy atom. The number of nitrogens with zero attached hydrogens (tertiary/aromatic N) is 1. The van der Waals surface area contributed by atoms with Crippen molar-refractivity contribution < 1.29 is 35.8 Å². The van der Waals surface area contributed by atoms with Gasteiger partial charge in [0.2, 0.25) is 0 Å². The number of nitrogens with two attached hydrogens (primary N) is 1. The van der Waals surface area contributed by atoms with Crippen LogP contribution in [0.2, 0.25) is 0 Å². The molecule has 0 aliphatic heterocycles. The fraction of sp³-hybridized carbons (Fsp3) is 0.143. The van der Waals surface area contributed by atoms with E-state index in [0.29, 0.717) is 5.75 Å². The van der Waals surface area contributed by atoms with Crippen molar-refractivity contribution in [3.63, 3.8) is 0 Å². The zero-order chi connectivity index (χ0) is 18.6. The Kier molecular flexibility index (Phi) is 10.3. The minimum absolute atomic E-state index is 0. The molecule has 0 amide bonds. The average molecular weight is 431 g/mol. The lowest BCUT2D eigenvalue weighted by Gasteiger charge is -2.05. The monoisotopic (exact) mass is 430 g/mol. The van der Waals surface area contributed by atoms with Crippen LogP contribution in [0.25, 0.3) is 0 Å². The molecule has 1 aromatic heterocycles. The fourth-order valence-corrected chi connectivity index (χ4v) is 2.06. The standard InChI is InChI=1S/C15H16N2O3.C6H6.BrH/c1-19-15(18)11-20-14-4-2-12(3-5-14)10-17-8-6-13(16)7-9-17;1-2-4-6-5-3-1;/h2-9,16H,10-11H2,1H3;1-6H;1H. The van der Waals surface area contributed by atoms with E-state index >= 15 is 0 Å². The molecule has 6 heteroatoms. The molecule has 0 saturated heterocycles. The zero-order valence-corrected chi connectivity index (χ0v) is 16.7. The molecule has 0 spiro atoms. The molecule has 0 fully saturated rings. The van der Waals surface area contributed by atoms with Crippen LogP contribution in [0, 0.1) is 0 Å². The Hall–Kier alpha value is -2.86. The highest BCUT2D eigenvalue weighted by Crippen LogP contribution is 2.12. The predicted molar refractivity (Wildman–Crippen MR) is 101 cm³/mol. The minimum atomic E-state index is -0.397. The van der Waals surface area contributed by atoms with Gasteiger partial charge in [0.25, 0.3) is 0 Å². The lowest BCUT2D eigenvalue weighted by Crippen LogP contribution is -3.00. The van der Waals surface area contributed by atoms with Gasteiger partial charge in [-0.05, 0) is 24.3 Å². The number of methoxy groups -OCH3 is 1. The summed E-state index contributed by atoms with van der Waals surface area (Å²) in [4.78, 5) is 11.0. The van der Waals surface area contributed by atoms with Crippen LogP contribution in [0.15, 0.2) is 85.2 Å². The van der Waals surface area contributed by atoms with Gasteiger partial charge in [0.15, 0.2) is 25.5 Å². The SMILES string of the molecule is COC(=O)COc1ccc(C[n+]2ccc(N)cc2)cc1.[Br-].c1ccccc1. The molecular formula is C21H23BrN2O3. The van der Waals surface area contributed by atoms with Crippen molar-refractivity contribution in [2.45, 2.75) is 6.54 Å². The maximum atomic E-state index is 11.0. The lowest BCUT2D eigenvalue weighted by atomic mass is 10.2. The first kappa shape index (κ1) is 22.2. The summed E-state index contributed by atoms with van der Waals surface area (Å²) < 4.78 is 11.8. The summed E-state index contributed by atoms with van der Waals surface area (Å²) in [6.45, 7) is 0.667. The number of hydrogen-bond acceptors (Lipinski definition) is 4. The Bertz CT molecular complexity index is 752. The molecule has 0 saturated carbocycles. The molecule has 0 atom stereocenters. The molecule has 0 bridgehead atoms. The molecule has 3 rings (SSSR count). The van der Waals surface area contributed by atoms with Crippen molar-refractivity contribution in [3.05, 3.63) is 90.8 Å². The van der Waals surface area contributed by atoms with Crippen LogP contribution in [-0.4, -0.2) is 19.7 Å². The molecule has 0 aliphatic carbocycles. The van der Waals surface area contributed by atoms with E-state index < -0.39 is 5.97 Å². The van der Waals surface area contributed by atoms with Crippen LogP contribution >= 0.6 is 0 Å². The van der Waals surface area contributed by atoms with Crippen molar-refractivity contribution in [1.29, 1.82) is 0 Å². The number of carbonyl (C=O) groups is 1. The third kappa shape index (κ3) is 8.87. The van der Waals surface area contributed by atoms with E-state index in [1.54, 1.807) is 0 Å². The van der Waals surface area contributed by atoms with Gasteiger partial charge in [-0.3, -0.25) is 0 Å². The largest absolute Gasteiger partial charge is 1.00 e. The maximum Gasteiger partial charge on any atom is 0.343 e. The van der Waals surface area contributed by atoms with Gasteiger partial charge in [0.1, 0.15) is 5.75 Å². The predicted octanol–water partition coefficient (Wildman–Crippen LogP) is -0.153. The minimum Gasteiger partial charge on any atom is -1.00 e. The summed E-state index contributed by atoms with van der Waals surface area (Å²) in [5.74, 6) is 0.243. The number of halogens is 1. The molecule has 27 heavy (non-hydrogen) atoms. The summed E-state index contributed by atoms with van der Waals surface area (Å²) in [5.41, 5.74) is 7.51. The number of carbonyl (C=O) groups excluding carboxylic acids is 1. The van der Waals surface area contributed by atoms with Crippen molar-refractivity contribution in [2.75, 3.05) is 19.5 Å². The number of esters is 1. The van der Waals surface area contributed by atoms with Crippen LogP contribution in [0.1, 0.15) is 5.56 Å². The molecule has 5 nitrogen and oxygen atoms in total. The van der Waals surface area contributed by atoms with Crippen LogP contribution in [0.3, 0.4) is 0 Å². The number of aromatic nitrogens is 1. The van der Waals surface area contributed by atoms with Crippen LogP contribution in [0.4, 0.5) is 5.69 Å². The van der Waals surface area contributed by atoms with Crippen LogP contribution in [0.5, 0.6) is 5.75 Å². The number of hydrogen-bond donors (Lipinski definition) is 1. The molecule has 0 aliphatic rings. The smallest absolute Gasteiger partial charge is 0.343 e. The fourth-order valence-electron chi connectivity index (χ4n) is 2.06. The van der Waals surface area contributed by atoms with E-state index in [-0.39, 0.29) is 23.6 Å². The number of benzene rings is 2. The van der Waals surface area contributed by atoms with Gasteiger partial charge >= 0.3 is 5.97 Å². The Balaban J connectivity index is 0.000000444. The summed E-state index contributed by atoms with van der Waals surface area (Å²) in [5, 5.41) is 0. The Morgan fingerprint density at radius 3 is 1.93 bits per heavy atom. The van der Waals surface area contributed by atoms with E-state index in [2.05, 4.69) is 4.74 Å². The van der Waals surface area contributed by atoms with Gasteiger partial charge in [-0.1, -0.05) is 36.4 Å². The highest BCUT2D eigenvalue weighted by molar-refractivity contribution is 5.70. The van der Waals surface area contributed by atoms with Crippen molar-refractivity contribution in [2.24, 2.45) is 0 Å². The number of anilines is 1. The number of pyridine rings is 1. The molecule has 3 aromatic rings. The number of rotatable bonds is 5. The highest BCUT2D eigenvalue weighted by atomic mass is 79.9. The summed E-state index contributed by atoms with van der Waals surface area (Å²) in [6.07, 6.45) is 3.86. The number of ether oxygens (including phenoxy) is 2. The van der Waals surface area contributed by atoms with Gasteiger partial charge in [0, 0.05) is 23.4 Å². The zero-order valence-electron chi connectivity index (χ0n) is 15.1. The second kappa shape index (κ2) is 12.5. The number of nitrogen functional groups attached to an aromatic ring is 1. The van der Waals surface area contributed by atoms with E-state index in [1.165, 1.54) is 7.11 Å². The Labute approximate surface area is 170 Å². The summed E-state index contributed by atoms with van der Waals surface area (Å²) >= 11 is 0. The molecule has 2 aromatic carbocycles. The molecule has 0 unspecified atom stereocenters. The van der Waals surface area contributed by atoms with Crippen molar-refractivity contribution >= 4 is 11.7 Å². The summed E-state index contributed by atoms with van der Waals surface area (Å²) in [7, 11) is 1.33. The third-order valence-electron chi connectivity index (χ3n) is 3.46. The van der Waals surface area contributed by atoms with Gasteiger partial charge in [-0.2, -0.15) is 0 Å². The maximum absolute atomic E-state index is 11.0. The first-order valence-corrected chi connectivity index (χ1v) is 8.20. The molecule has 1 heterocycles. The highest BCUT2D eigenvalue weighted by Gasteiger charge is 2.04. The van der Waals surface area contributed by atoms with Crippen molar-refractivity contribution in [1.82, 2.24) is 0 Å². The molecule has 0 radical (unpaired) electrons. The van der Waals surface area contributed by atoms with Gasteiger partial charge < -0.3 is 32.2 Å². The van der Waals surface area contributed by atoms with Crippen LogP contribution in [-0.2, 0) is 16.1 Å². The first-order chi connectivity index (χ1) is 12.7.